The van der Waals surface area contributed by atoms with Crippen LogP contribution in [0.25, 0.3) is 0 Å². The van der Waals surface area contributed by atoms with E-state index in [-0.39, 0.29) is 10.3 Å². The molecule has 0 atom stereocenters. The van der Waals surface area contributed by atoms with Crippen LogP contribution >= 0.6 is 34.8 Å². The molecule has 0 saturated heterocycles. The number of ether oxygens (including phenoxy) is 1. The zero-order valence-corrected chi connectivity index (χ0v) is 13.5. The Morgan fingerprint density at radius 3 is 2.57 bits per heavy atom. The van der Waals surface area contributed by atoms with Crippen molar-refractivity contribution in [2.45, 2.75) is 6.92 Å². The fourth-order valence-electron chi connectivity index (χ4n) is 1.78. The van der Waals surface area contributed by atoms with E-state index in [9.17, 15) is 4.79 Å². The number of benzene rings is 1. The lowest BCUT2D eigenvalue weighted by molar-refractivity contribution is 0.102. The number of pyridine rings is 1. The van der Waals surface area contributed by atoms with Gasteiger partial charge < -0.3 is 10.1 Å². The first-order chi connectivity index (χ1) is 9.92. The van der Waals surface area contributed by atoms with E-state index in [4.69, 9.17) is 39.5 Å². The molecule has 1 N–H and O–H groups in total. The van der Waals surface area contributed by atoms with E-state index in [1.54, 1.807) is 25.1 Å². The Labute approximate surface area is 137 Å². The van der Waals surface area contributed by atoms with Gasteiger partial charge in [0.05, 0.1) is 18.4 Å². The third-order valence-electron chi connectivity index (χ3n) is 2.79. The summed E-state index contributed by atoms with van der Waals surface area (Å²) in [6.07, 6.45) is 0. The second-order valence-electron chi connectivity index (χ2n) is 4.23. The average molecular weight is 346 g/mol. The molecule has 21 heavy (non-hydrogen) atoms. The zero-order chi connectivity index (χ0) is 15.6. The maximum atomic E-state index is 12.4. The van der Waals surface area contributed by atoms with Crippen LogP contribution in [0.1, 0.15) is 15.9 Å². The van der Waals surface area contributed by atoms with Gasteiger partial charge in [-0.25, -0.2) is 4.98 Å². The van der Waals surface area contributed by atoms with E-state index in [0.29, 0.717) is 27.6 Å². The smallest absolute Gasteiger partial charge is 0.259 e. The zero-order valence-electron chi connectivity index (χ0n) is 11.2. The molecule has 7 heteroatoms. The summed E-state index contributed by atoms with van der Waals surface area (Å²) in [5.74, 6) is 0.0103. The van der Waals surface area contributed by atoms with Crippen LogP contribution in [0, 0.1) is 6.92 Å². The van der Waals surface area contributed by atoms with E-state index in [1.165, 1.54) is 13.2 Å². The van der Waals surface area contributed by atoms with Crippen LogP contribution in [0.15, 0.2) is 24.3 Å². The van der Waals surface area contributed by atoms with Crippen molar-refractivity contribution in [2.24, 2.45) is 0 Å². The summed E-state index contributed by atoms with van der Waals surface area (Å²) < 4.78 is 5.15. The number of nitrogens with one attached hydrogen (secondary N) is 1. The summed E-state index contributed by atoms with van der Waals surface area (Å²) >= 11 is 17.7. The van der Waals surface area contributed by atoms with E-state index in [2.05, 4.69) is 10.3 Å². The van der Waals surface area contributed by atoms with Gasteiger partial charge in [-0.15, -0.1) is 0 Å². The van der Waals surface area contributed by atoms with Gasteiger partial charge in [-0.3, -0.25) is 4.79 Å². The minimum Gasteiger partial charge on any atom is -0.496 e. The Balaban J connectivity index is 2.37. The highest BCUT2D eigenvalue weighted by Crippen LogP contribution is 2.29. The molecule has 0 aliphatic rings. The SMILES string of the molecule is COc1ccc(Cl)cc1C(=O)Nc1c(C)cc(Cl)nc1Cl. The van der Waals surface area contributed by atoms with Crippen LogP contribution in [-0.4, -0.2) is 18.0 Å². The third kappa shape index (κ3) is 3.59. The molecule has 0 unspecified atom stereocenters. The van der Waals surface area contributed by atoms with Crippen molar-refractivity contribution in [1.82, 2.24) is 4.98 Å². The number of rotatable bonds is 3. The van der Waals surface area contributed by atoms with Crippen molar-refractivity contribution in [3.05, 3.63) is 50.7 Å². The summed E-state index contributed by atoms with van der Waals surface area (Å²) in [5.41, 5.74) is 1.40. The number of hydrogen-bond acceptors (Lipinski definition) is 3. The average Bonchev–Trinajstić information content (AvgIpc) is 2.42. The van der Waals surface area contributed by atoms with Gasteiger partial charge >= 0.3 is 0 Å². The molecule has 0 saturated carbocycles. The molecule has 4 nitrogen and oxygen atoms in total. The summed E-state index contributed by atoms with van der Waals surface area (Å²) in [5, 5.41) is 3.50. The Hall–Kier alpha value is -1.49. The molecule has 0 bridgehead atoms. The Bertz CT molecular complexity index is 682. The standard InChI is InChI=1S/C14H11Cl3N2O2/c1-7-5-11(16)18-13(17)12(7)19-14(20)9-6-8(15)3-4-10(9)21-2/h3-6H,1-2H3,(H,19,20). The maximum Gasteiger partial charge on any atom is 0.259 e. The highest BCUT2D eigenvalue weighted by Gasteiger charge is 2.16. The Kier molecular flexibility index (Phi) is 4.93. The predicted octanol–water partition coefficient (Wildman–Crippen LogP) is 4.61. The molecule has 110 valence electrons. The molecular formula is C14H11Cl3N2O2. The molecule has 1 amide bonds. The maximum absolute atomic E-state index is 12.4. The highest BCUT2D eigenvalue weighted by molar-refractivity contribution is 6.35. The molecule has 2 aromatic rings. The first-order valence-electron chi connectivity index (χ1n) is 5.90. The fourth-order valence-corrected chi connectivity index (χ4v) is 2.54. The van der Waals surface area contributed by atoms with Crippen molar-refractivity contribution in [3.63, 3.8) is 0 Å². The second-order valence-corrected chi connectivity index (χ2v) is 5.41. The summed E-state index contributed by atoms with van der Waals surface area (Å²) in [4.78, 5) is 16.3. The van der Waals surface area contributed by atoms with E-state index in [1.807, 2.05) is 0 Å². The van der Waals surface area contributed by atoms with Gasteiger partial charge in [0.1, 0.15) is 10.9 Å². The summed E-state index contributed by atoms with van der Waals surface area (Å²) in [7, 11) is 1.47. The molecule has 1 aromatic carbocycles. The van der Waals surface area contributed by atoms with E-state index < -0.39 is 5.91 Å². The molecule has 1 aromatic heterocycles. The topological polar surface area (TPSA) is 51.2 Å². The Morgan fingerprint density at radius 1 is 1.24 bits per heavy atom. The number of anilines is 1. The first kappa shape index (κ1) is 15.9. The van der Waals surface area contributed by atoms with Crippen molar-refractivity contribution in [2.75, 3.05) is 12.4 Å². The lowest BCUT2D eigenvalue weighted by atomic mass is 10.1. The van der Waals surface area contributed by atoms with Crippen molar-refractivity contribution in [3.8, 4) is 5.75 Å². The lowest BCUT2D eigenvalue weighted by Gasteiger charge is -2.12. The van der Waals surface area contributed by atoms with Crippen LogP contribution in [0.5, 0.6) is 5.75 Å². The molecule has 0 fully saturated rings. The molecule has 0 aliphatic carbocycles. The third-order valence-corrected chi connectivity index (χ3v) is 3.49. The van der Waals surface area contributed by atoms with Crippen LogP contribution in [0.3, 0.4) is 0 Å². The molecule has 1 heterocycles. The van der Waals surface area contributed by atoms with Crippen LogP contribution in [0.4, 0.5) is 5.69 Å². The van der Waals surface area contributed by atoms with Crippen LogP contribution < -0.4 is 10.1 Å². The summed E-state index contributed by atoms with van der Waals surface area (Å²) in [6.45, 7) is 1.77. The second kappa shape index (κ2) is 6.52. The molecular weight excluding hydrogens is 335 g/mol. The molecule has 0 spiro atoms. The monoisotopic (exact) mass is 344 g/mol. The summed E-state index contributed by atoms with van der Waals surface area (Å²) in [6, 6.07) is 6.38. The Morgan fingerprint density at radius 2 is 1.95 bits per heavy atom. The molecule has 0 radical (unpaired) electrons. The van der Waals surface area contributed by atoms with Crippen molar-refractivity contribution < 1.29 is 9.53 Å². The van der Waals surface area contributed by atoms with Crippen LogP contribution in [0.2, 0.25) is 15.3 Å². The minimum absolute atomic E-state index is 0.120. The first-order valence-corrected chi connectivity index (χ1v) is 7.03. The number of amides is 1. The van der Waals surface area contributed by atoms with Crippen molar-refractivity contribution in [1.29, 1.82) is 0 Å². The number of aromatic nitrogens is 1. The van der Waals surface area contributed by atoms with E-state index >= 15 is 0 Å². The number of methoxy groups -OCH3 is 1. The van der Waals surface area contributed by atoms with Gasteiger partial charge in [-0.05, 0) is 36.8 Å². The number of nitrogens with zero attached hydrogens (tertiary/aromatic N) is 1. The number of carbonyl (C=O) groups excluding carboxylic acids is 1. The number of hydrogen-bond donors (Lipinski definition) is 1. The van der Waals surface area contributed by atoms with Gasteiger partial charge in [0.25, 0.3) is 5.91 Å². The van der Waals surface area contributed by atoms with Gasteiger partial charge in [-0.2, -0.15) is 0 Å². The minimum atomic E-state index is -0.400. The van der Waals surface area contributed by atoms with Gasteiger partial charge in [0.2, 0.25) is 0 Å². The van der Waals surface area contributed by atoms with Gasteiger partial charge in [0, 0.05) is 5.02 Å². The quantitative estimate of drug-likeness (QED) is 0.826. The molecule has 0 aliphatic heterocycles. The van der Waals surface area contributed by atoms with Crippen molar-refractivity contribution >= 4 is 46.4 Å². The van der Waals surface area contributed by atoms with Crippen LogP contribution in [-0.2, 0) is 0 Å². The van der Waals surface area contributed by atoms with Gasteiger partial charge in [0.15, 0.2) is 5.15 Å². The largest absolute Gasteiger partial charge is 0.496 e. The number of aryl methyl sites for hydroxylation is 1. The normalized spacial score (nSPS) is 10.3. The highest BCUT2D eigenvalue weighted by atomic mass is 35.5. The van der Waals surface area contributed by atoms with E-state index in [0.717, 1.165) is 0 Å². The number of carbonyl (C=O) groups is 1. The predicted molar refractivity (Wildman–Crippen MR) is 85.0 cm³/mol. The fraction of sp³-hybridized carbons (Fsp3) is 0.143. The number of halogens is 3. The molecule has 2 rings (SSSR count). The van der Waals surface area contributed by atoms with Gasteiger partial charge in [-0.1, -0.05) is 34.8 Å². The lowest BCUT2D eigenvalue weighted by Crippen LogP contribution is -2.14.